The molecule has 2 aromatic carbocycles. The molecule has 1 amide bonds. The van der Waals surface area contributed by atoms with E-state index >= 15 is 0 Å². The molecule has 0 saturated heterocycles. The minimum atomic E-state index is -0.247. The largest absolute Gasteiger partial charge is 0.487 e. The summed E-state index contributed by atoms with van der Waals surface area (Å²) in [5.74, 6) is 1.17. The highest BCUT2D eigenvalue weighted by Gasteiger charge is 2.14. The number of para-hydroxylation sites is 1. The van der Waals surface area contributed by atoms with Crippen molar-refractivity contribution in [2.75, 3.05) is 6.54 Å². The Labute approximate surface area is 188 Å². The predicted octanol–water partition coefficient (Wildman–Crippen LogP) is 5.44. The van der Waals surface area contributed by atoms with Crippen LogP contribution in [0.2, 0.25) is 0 Å². The lowest BCUT2D eigenvalue weighted by Gasteiger charge is -2.08. The van der Waals surface area contributed by atoms with Crippen molar-refractivity contribution in [1.82, 2.24) is 15.5 Å². The SMILES string of the molecule is O=C(NCCc1c[nH]c2c(OCc3ccccc3)cccc12)c1cc(-c2cccs2)on1. The number of benzene rings is 2. The first-order chi connectivity index (χ1) is 15.8. The summed E-state index contributed by atoms with van der Waals surface area (Å²) in [6.07, 6.45) is 2.65. The Hall–Kier alpha value is -3.84. The standard InChI is InChI=1S/C25H21N3O3S/c29-25(20-14-22(31-28-20)23-10-5-13-32-23)26-12-11-18-15-27-24-19(18)8-4-9-21(24)30-16-17-6-2-1-3-7-17/h1-10,13-15,27H,11-12,16H2,(H,26,29). The van der Waals surface area contributed by atoms with Gasteiger partial charge in [-0.2, -0.15) is 0 Å². The number of fused-ring (bicyclic) bond motifs is 1. The Morgan fingerprint density at radius 1 is 1.09 bits per heavy atom. The van der Waals surface area contributed by atoms with E-state index in [1.807, 2.05) is 66.2 Å². The number of amides is 1. The number of nitrogens with one attached hydrogen (secondary N) is 2. The van der Waals surface area contributed by atoms with Crippen LogP contribution in [0.4, 0.5) is 0 Å². The minimum absolute atomic E-state index is 0.247. The maximum atomic E-state index is 12.4. The summed E-state index contributed by atoms with van der Waals surface area (Å²) >= 11 is 1.54. The van der Waals surface area contributed by atoms with Crippen molar-refractivity contribution in [2.45, 2.75) is 13.0 Å². The van der Waals surface area contributed by atoms with E-state index in [2.05, 4.69) is 21.5 Å². The number of nitrogens with zero attached hydrogens (tertiary/aromatic N) is 1. The van der Waals surface area contributed by atoms with Crippen molar-refractivity contribution >= 4 is 28.1 Å². The fourth-order valence-electron chi connectivity index (χ4n) is 3.57. The van der Waals surface area contributed by atoms with Gasteiger partial charge in [0.25, 0.3) is 5.91 Å². The van der Waals surface area contributed by atoms with Crippen LogP contribution in [-0.2, 0) is 13.0 Å². The van der Waals surface area contributed by atoms with E-state index < -0.39 is 0 Å². The molecule has 3 aromatic heterocycles. The van der Waals surface area contributed by atoms with Gasteiger partial charge in [-0.3, -0.25) is 4.79 Å². The Morgan fingerprint density at radius 2 is 2.00 bits per heavy atom. The van der Waals surface area contributed by atoms with Gasteiger partial charge in [-0.1, -0.05) is 53.7 Å². The highest BCUT2D eigenvalue weighted by atomic mass is 32.1. The first kappa shape index (κ1) is 20.1. The summed E-state index contributed by atoms with van der Waals surface area (Å²) < 4.78 is 11.3. The second-order valence-corrected chi connectivity index (χ2v) is 8.27. The molecule has 32 heavy (non-hydrogen) atoms. The molecule has 0 aliphatic carbocycles. The maximum absolute atomic E-state index is 12.4. The fraction of sp³-hybridized carbons (Fsp3) is 0.120. The number of carbonyl (C=O) groups is 1. The highest BCUT2D eigenvalue weighted by Crippen LogP contribution is 2.28. The predicted molar refractivity (Wildman–Crippen MR) is 125 cm³/mol. The number of rotatable bonds is 8. The molecular weight excluding hydrogens is 422 g/mol. The first-order valence-electron chi connectivity index (χ1n) is 10.3. The Morgan fingerprint density at radius 3 is 2.84 bits per heavy atom. The quantitative estimate of drug-likeness (QED) is 0.335. The van der Waals surface area contributed by atoms with Gasteiger partial charge in [-0.25, -0.2) is 0 Å². The van der Waals surface area contributed by atoms with Crippen LogP contribution in [-0.4, -0.2) is 22.6 Å². The zero-order valence-corrected chi connectivity index (χ0v) is 18.0. The van der Waals surface area contributed by atoms with Gasteiger partial charge in [-0.05, 0) is 35.1 Å². The van der Waals surface area contributed by atoms with Gasteiger partial charge >= 0.3 is 0 Å². The molecule has 0 bridgehead atoms. The van der Waals surface area contributed by atoms with Crippen molar-refractivity contribution in [3.63, 3.8) is 0 Å². The van der Waals surface area contributed by atoms with Crippen molar-refractivity contribution < 1.29 is 14.1 Å². The number of hydrogen-bond acceptors (Lipinski definition) is 5. The number of aromatic nitrogens is 2. The van der Waals surface area contributed by atoms with E-state index in [-0.39, 0.29) is 11.6 Å². The lowest BCUT2D eigenvalue weighted by Crippen LogP contribution is -2.25. The normalized spacial score (nSPS) is 11.0. The van der Waals surface area contributed by atoms with E-state index in [1.54, 1.807) is 17.4 Å². The second kappa shape index (κ2) is 9.11. The van der Waals surface area contributed by atoms with Crippen LogP contribution in [0.5, 0.6) is 5.75 Å². The van der Waals surface area contributed by atoms with Gasteiger partial charge in [0.2, 0.25) is 0 Å². The van der Waals surface area contributed by atoms with Crippen LogP contribution in [0.3, 0.4) is 0 Å². The summed E-state index contributed by atoms with van der Waals surface area (Å²) in [5, 5.41) is 9.85. The molecule has 0 aliphatic rings. The minimum Gasteiger partial charge on any atom is -0.487 e. The zero-order valence-electron chi connectivity index (χ0n) is 17.2. The number of hydrogen-bond donors (Lipinski definition) is 2. The molecule has 160 valence electrons. The molecule has 0 atom stereocenters. The van der Waals surface area contributed by atoms with Gasteiger partial charge in [-0.15, -0.1) is 11.3 Å². The van der Waals surface area contributed by atoms with Crippen molar-refractivity contribution in [3.8, 4) is 16.4 Å². The smallest absolute Gasteiger partial charge is 0.273 e. The van der Waals surface area contributed by atoms with Crippen molar-refractivity contribution in [2.24, 2.45) is 0 Å². The summed E-state index contributed by atoms with van der Waals surface area (Å²) in [4.78, 5) is 16.7. The number of carbonyl (C=O) groups excluding carboxylic acids is 1. The lowest BCUT2D eigenvalue weighted by molar-refractivity contribution is 0.0945. The molecule has 5 aromatic rings. The number of thiophene rings is 1. The van der Waals surface area contributed by atoms with E-state index in [4.69, 9.17) is 9.26 Å². The summed E-state index contributed by atoms with van der Waals surface area (Å²) in [6, 6.07) is 21.6. The van der Waals surface area contributed by atoms with Crippen molar-refractivity contribution in [3.05, 3.63) is 95.1 Å². The molecule has 7 heteroatoms. The molecule has 0 spiro atoms. The van der Waals surface area contributed by atoms with Gasteiger partial charge in [0.1, 0.15) is 12.4 Å². The van der Waals surface area contributed by atoms with Crippen LogP contribution >= 0.6 is 11.3 Å². The molecule has 2 N–H and O–H groups in total. The lowest BCUT2D eigenvalue weighted by atomic mass is 10.1. The number of ether oxygens (including phenoxy) is 1. The van der Waals surface area contributed by atoms with Crippen molar-refractivity contribution in [1.29, 1.82) is 0 Å². The van der Waals surface area contributed by atoms with Crippen LogP contribution in [0.25, 0.3) is 21.5 Å². The maximum Gasteiger partial charge on any atom is 0.273 e. The third-order valence-corrected chi connectivity index (χ3v) is 6.07. The van der Waals surface area contributed by atoms with Gasteiger partial charge < -0.3 is 19.6 Å². The number of H-pyrrole nitrogens is 1. The molecule has 0 saturated carbocycles. The van der Waals surface area contributed by atoms with Crippen LogP contribution in [0.15, 0.2) is 82.8 Å². The average molecular weight is 444 g/mol. The molecule has 5 rings (SSSR count). The van der Waals surface area contributed by atoms with E-state index in [0.717, 1.165) is 32.7 Å². The number of aromatic amines is 1. The van der Waals surface area contributed by atoms with Crippen LogP contribution < -0.4 is 10.1 Å². The average Bonchev–Trinajstić information content (AvgIpc) is 3.59. The molecule has 0 radical (unpaired) electrons. The molecular formula is C25H21N3O3S. The van der Waals surface area contributed by atoms with Gasteiger partial charge in [0.15, 0.2) is 11.5 Å². The topological polar surface area (TPSA) is 80.2 Å². The van der Waals surface area contributed by atoms with Crippen LogP contribution in [0, 0.1) is 0 Å². The Kier molecular flexibility index (Phi) is 5.72. The Balaban J connectivity index is 1.21. The summed E-state index contributed by atoms with van der Waals surface area (Å²) in [6.45, 7) is 0.998. The highest BCUT2D eigenvalue weighted by molar-refractivity contribution is 7.13. The third kappa shape index (κ3) is 4.29. The molecule has 6 nitrogen and oxygen atoms in total. The van der Waals surface area contributed by atoms with Gasteiger partial charge in [0, 0.05) is 24.2 Å². The zero-order chi connectivity index (χ0) is 21.8. The monoisotopic (exact) mass is 443 g/mol. The van der Waals surface area contributed by atoms with Crippen LogP contribution in [0.1, 0.15) is 21.6 Å². The molecule has 0 fully saturated rings. The second-order valence-electron chi connectivity index (χ2n) is 7.33. The molecule has 3 heterocycles. The first-order valence-corrected chi connectivity index (χ1v) is 11.2. The molecule has 0 unspecified atom stereocenters. The van der Waals surface area contributed by atoms with E-state index in [0.29, 0.717) is 25.3 Å². The third-order valence-electron chi connectivity index (χ3n) is 5.19. The van der Waals surface area contributed by atoms with E-state index in [1.165, 1.54) is 0 Å². The van der Waals surface area contributed by atoms with E-state index in [9.17, 15) is 4.79 Å². The van der Waals surface area contributed by atoms with Gasteiger partial charge in [0.05, 0.1) is 10.4 Å². The molecule has 0 aliphatic heterocycles. The fourth-order valence-corrected chi connectivity index (χ4v) is 4.24. The summed E-state index contributed by atoms with van der Waals surface area (Å²) in [5.41, 5.74) is 3.48. The Bertz CT molecular complexity index is 1320. The summed E-state index contributed by atoms with van der Waals surface area (Å²) in [7, 11) is 0.